The topological polar surface area (TPSA) is 99.9 Å². The van der Waals surface area contributed by atoms with Gasteiger partial charge in [0.05, 0.1) is 17.2 Å². The summed E-state index contributed by atoms with van der Waals surface area (Å²) in [5, 5.41) is 22.8. The van der Waals surface area contributed by atoms with Crippen LogP contribution in [0.3, 0.4) is 0 Å². The maximum absolute atomic E-state index is 11.4. The fourth-order valence-corrected chi connectivity index (χ4v) is 6.91. The number of anilines is 1. The molecule has 53 heavy (non-hydrogen) atoms. The average Bonchev–Trinajstić information content (AvgIpc) is 3.32. The summed E-state index contributed by atoms with van der Waals surface area (Å²) in [4.78, 5) is 12.9. The van der Waals surface area contributed by atoms with Crippen molar-refractivity contribution in [1.29, 1.82) is 0 Å². The second kappa shape index (κ2) is 19.3. The fraction of sp³-hybridized carbons (Fsp3) is 0.489. The number of hydrogen-bond donors (Lipinski definition) is 3. The van der Waals surface area contributed by atoms with E-state index in [4.69, 9.17) is 14.7 Å². The molecule has 3 atom stereocenters. The van der Waals surface area contributed by atoms with Crippen LogP contribution in [0.15, 0.2) is 89.1 Å². The van der Waals surface area contributed by atoms with E-state index in [1.54, 1.807) is 6.07 Å². The standard InChI is InChI=1S/C40H52N5O3.C3H8.C2H6/c1-10-34(41-29(6)27(4)21-28(5)40(7,8)9)33-20-12-11-17-31-24-48-36-23-35(37-25(2)15-13-16-26(37)3)42-39(43-36)44-45(46,47)32-19-14-18-30(22-32)38(31)33;1-3-2;1-2/h10,13-16,18-19,21-23,31,33,38,46-47H,1,11-12,17,20,24H2,2-9H3,(H,42,43,44);3H2,1-2H3;1-2H3/q+1;;/b28-21+,29-27+,41-34?;;. The van der Waals surface area contributed by atoms with Crippen molar-refractivity contribution >= 4 is 17.3 Å². The van der Waals surface area contributed by atoms with E-state index in [2.05, 4.69) is 84.5 Å². The summed E-state index contributed by atoms with van der Waals surface area (Å²) in [6.07, 6.45) is 9.37. The molecule has 2 heterocycles. The van der Waals surface area contributed by atoms with Gasteiger partial charge in [0.15, 0.2) is 0 Å². The molecular formula is C45H66N5O3+. The molecular weight excluding hydrogens is 659 g/mol. The van der Waals surface area contributed by atoms with Crippen LogP contribution in [-0.2, 0) is 0 Å². The molecule has 8 nitrogen and oxygen atoms in total. The Hall–Kier alpha value is -4.11. The van der Waals surface area contributed by atoms with Gasteiger partial charge in [0.1, 0.15) is 0 Å². The highest BCUT2D eigenvalue weighted by molar-refractivity contribution is 5.98. The number of allylic oxidation sites excluding steroid dienone is 5. The van der Waals surface area contributed by atoms with Gasteiger partial charge in [-0.3, -0.25) is 4.99 Å². The van der Waals surface area contributed by atoms with Crippen LogP contribution in [0.4, 0.5) is 11.6 Å². The number of rotatable bonds is 5. The van der Waals surface area contributed by atoms with Crippen molar-refractivity contribution in [1.82, 2.24) is 14.9 Å². The Morgan fingerprint density at radius 2 is 1.60 bits per heavy atom. The number of aliphatic imine (C=N–C) groups is 1. The highest BCUT2D eigenvalue weighted by Gasteiger charge is 2.38. The molecule has 288 valence electrons. The number of hydrogen-bond acceptors (Lipinski definition) is 7. The van der Waals surface area contributed by atoms with E-state index < -0.39 is 4.92 Å². The quantitative estimate of drug-likeness (QED) is 0.138. The molecule has 3 unspecified atom stereocenters. The van der Waals surface area contributed by atoms with Crippen LogP contribution in [0.1, 0.15) is 124 Å². The van der Waals surface area contributed by atoms with Gasteiger partial charge in [-0.2, -0.15) is 4.98 Å². The van der Waals surface area contributed by atoms with Gasteiger partial charge < -0.3 is 4.74 Å². The molecule has 3 aromatic rings. The molecule has 5 rings (SSSR count). The fourth-order valence-electron chi connectivity index (χ4n) is 6.91. The van der Waals surface area contributed by atoms with Crippen LogP contribution in [0, 0.1) is 31.1 Å². The lowest BCUT2D eigenvalue weighted by molar-refractivity contribution is -0.273. The molecule has 0 saturated heterocycles. The Labute approximate surface area is 319 Å². The maximum Gasteiger partial charge on any atom is 0.279 e. The van der Waals surface area contributed by atoms with Crippen molar-refractivity contribution in [2.24, 2.45) is 22.2 Å². The normalized spacial score (nSPS) is 20.5. The van der Waals surface area contributed by atoms with E-state index in [0.717, 1.165) is 64.9 Å². The summed E-state index contributed by atoms with van der Waals surface area (Å²) >= 11 is 0. The molecule has 0 radical (unpaired) electrons. The molecule has 0 spiro atoms. The van der Waals surface area contributed by atoms with Crippen molar-refractivity contribution < 1.29 is 15.2 Å². The third-order valence-electron chi connectivity index (χ3n) is 10.1. The third kappa shape index (κ3) is 11.2. The lowest BCUT2D eigenvalue weighted by atomic mass is 9.74. The predicted molar refractivity (Wildman–Crippen MR) is 223 cm³/mol. The van der Waals surface area contributed by atoms with Crippen molar-refractivity contribution in [3.8, 4) is 17.1 Å². The zero-order valence-electron chi connectivity index (χ0n) is 34.5. The average molecular weight is 725 g/mol. The molecule has 8 heteroatoms. The molecule has 2 aromatic carbocycles. The first-order chi connectivity index (χ1) is 25.1. The van der Waals surface area contributed by atoms with Gasteiger partial charge in [-0.25, -0.2) is 4.98 Å². The Bertz CT molecular complexity index is 1760. The molecule has 4 bridgehead atoms. The van der Waals surface area contributed by atoms with Crippen LogP contribution >= 0.6 is 0 Å². The summed E-state index contributed by atoms with van der Waals surface area (Å²) in [6.45, 7) is 30.0. The number of nitrogens with zero attached hydrogens (tertiary/aromatic N) is 4. The van der Waals surface area contributed by atoms with E-state index in [1.807, 2.05) is 70.2 Å². The maximum atomic E-state index is 11.4. The Morgan fingerprint density at radius 1 is 0.981 bits per heavy atom. The lowest BCUT2D eigenvalue weighted by Crippen LogP contribution is -2.48. The van der Waals surface area contributed by atoms with Gasteiger partial charge in [0.2, 0.25) is 11.6 Å². The molecule has 1 fully saturated rings. The van der Waals surface area contributed by atoms with Crippen molar-refractivity contribution in [2.45, 2.75) is 121 Å². The van der Waals surface area contributed by atoms with Crippen LogP contribution in [0.5, 0.6) is 5.88 Å². The number of ether oxygens (including phenoxy) is 1. The lowest BCUT2D eigenvalue weighted by Gasteiger charge is -2.33. The number of nitrogens with one attached hydrogen (secondary N) is 1. The van der Waals surface area contributed by atoms with E-state index in [9.17, 15) is 10.4 Å². The van der Waals surface area contributed by atoms with Crippen LogP contribution in [0.2, 0.25) is 0 Å². The van der Waals surface area contributed by atoms with Gasteiger partial charge in [-0.1, -0.05) is 116 Å². The van der Waals surface area contributed by atoms with Gasteiger partial charge in [-0.15, -0.1) is 15.8 Å². The summed E-state index contributed by atoms with van der Waals surface area (Å²) in [7, 11) is 0. The molecule has 1 aliphatic heterocycles. The van der Waals surface area contributed by atoms with Gasteiger partial charge in [0, 0.05) is 47.0 Å². The molecule has 2 aliphatic rings. The van der Waals surface area contributed by atoms with E-state index >= 15 is 0 Å². The van der Waals surface area contributed by atoms with Gasteiger partial charge in [0.25, 0.3) is 5.95 Å². The number of fused-ring (bicyclic) bond motifs is 6. The first-order valence-corrected chi connectivity index (χ1v) is 19.5. The predicted octanol–water partition coefficient (Wildman–Crippen LogP) is 12.5. The molecule has 1 aromatic heterocycles. The first kappa shape index (κ1) is 43.3. The number of benzene rings is 2. The molecule has 1 saturated carbocycles. The third-order valence-corrected chi connectivity index (χ3v) is 10.1. The Morgan fingerprint density at radius 3 is 2.23 bits per heavy atom. The second-order valence-electron chi connectivity index (χ2n) is 15.3. The minimum atomic E-state index is -1.62. The Kier molecular flexibility index (Phi) is 15.8. The SMILES string of the molecule is C=CC(=N/C(C)=C(C)/C=C(\C)C(C)(C)C)C1CCCCC2COc3cc(-c4c(C)cccc4C)nc(n3)N[N+](O)(O)c3cccc(c3)C21.CC.CCC. The Balaban J connectivity index is 0.00000144. The van der Waals surface area contributed by atoms with E-state index in [1.165, 1.54) is 12.0 Å². The van der Waals surface area contributed by atoms with E-state index in [-0.39, 0.29) is 34.8 Å². The highest BCUT2D eigenvalue weighted by atomic mass is 16.9. The van der Waals surface area contributed by atoms with Gasteiger partial charge in [-0.05, 0) is 87.1 Å². The summed E-state index contributed by atoms with van der Waals surface area (Å²) in [6, 6.07) is 15.4. The molecule has 3 N–H and O–H groups in total. The van der Waals surface area contributed by atoms with Crippen LogP contribution in [-0.4, -0.2) is 32.7 Å². The molecule has 1 aliphatic carbocycles. The van der Waals surface area contributed by atoms with E-state index in [0.29, 0.717) is 18.2 Å². The largest absolute Gasteiger partial charge is 0.477 e. The number of aryl methyl sites for hydroxylation is 2. The minimum Gasteiger partial charge on any atom is -0.477 e. The molecule has 0 amide bonds. The summed E-state index contributed by atoms with van der Waals surface area (Å²) in [5.74, 6) is 0.571. The summed E-state index contributed by atoms with van der Waals surface area (Å²) in [5.41, 5.74) is 12.1. The monoisotopic (exact) mass is 725 g/mol. The first-order valence-electron chi connectivity index (χ1n) is 19.5. The van der Waals surface area contributed by atoms with Gasteiger partial charge >= 0.3 is 0 Å². The smallest absolute Gasteiger partial charge is 0.279 e. The minimum absolute atomic E-state index is 0.0111. The number of quaternary nitrogens is 1. The zero-order chi connectivity index (χ0) is 39.5. The van der Waals surface area contributed by atoms with Crippen molar-refractivity contribution in [3.05, 3.63) is 101 Å². The zero-order valence-corrected chi connectivity index (χ0v) is 34.5. The van der Waals surface area contributed by atoms with Crippen molar-refractivity contribution in [2.75, 3.05) is 12.0 Å². The highest BCUT2D eigenvalue weighted by Crippen LogP contribution is 2.44. The number of aromatic nitrogens is 2. The van der Waals surface area contributed by atoms with Crippen LogP contribution in [0.25, 0.3) is 11.3 Å². The summed E-state index contributed by atoms with van der Waals surface area (Å²) < 4.78 is 6.54. The van der Waals surface area contributed by atoms with Crippen LogP contribution < -0.4 is 15.1 Å². The second-order valence-corrected chi connectivity index (χ2v) is 15.3. The van der Waals surface area contributed by atoms with Crippen molar-refractivity contribution in [3.63, 3.8) is 0 Å².